The molecule has 2 aromatic rings. The van der Waals surface area contributed by atoms with Crippen molar-refractivity contribution < 1.29 is 4.52 Å². The van der Waals surface area contributed by atoms with Crippen LogP contribution in [-0.2, 0) is 19.4 Å². The number of hydrogen-bond acceptors (Lipinski definition) is 3. The Morgan fingerprint density at radius 2 is 2.18 bits per heavy atom. The molecule has 3 N–H and O–H groups in total. The maximum absolute atomic E-state index is 5.97. The monoisotopic (exact) mass is 412 g/mol. The number of hydrogen-bond donors (Lipinski definition) is 2. The Morgan fingerprint density at radius 1 is 1.36 bits per heavy atom. The lowest BCUT2D eigenvalue weighted by Gasteiger charge is -2.19. The highest BCUT2D eigenvalue weighted by molar-refractivity contribution is 14.0. The highest BCUT2D eigenvalue weighted by atomic mass is 127. The summed E-state index contributed by atoms with van der Waals surface area (Å²) in [5.74, 6) is 1.12. The van der Waals surface area contributed by atoms with Crippen molar-refractivity contribution in [3.63, 3.8) is 0 Å². The summed E-state index contributed by atoms with van der Waals surface area (Å²) in [4.78, 5) is 4.30. The normalized spacial score (nSPS) is 14.1. The lowest BCUT2D eigenvalue weighted by Crippen LogP contribution is -2.24. The quantitative estimate of drug-likeness (QED) is 0.460. The Bertz CT molecular complexity index is 666. The summed E-state index contributed by atoms with van der Waals surface area (Å²) in [7, 11) is 0. The second-order valence-corrected chi connectivity index (χ2v) is 5.41. The van der Waals surface area contributed by atoms with Crippen molar-refractivity contribution in [1.82, 2.24) is 5.16 Å². The molecule has 6 heteroatoms. The number of halogens is 1. The van der Waals surface area contributed by atoms with E-state index in [-0.39, 0.29) is 24.0 Å². The predicted molar refractivity (Wildman–Crippen MR) is 98.7 cm³/mol. The van der Waals surface area contributed by atoms with Crippen LogP contribution in [0.25, 0.3) is 0 Å². The number of fused-ring (bicyclic) bond motifs is 1. The van der Waals surface area contributed by atoms with Crippen molar-refractivity contribution in [2.24, 2.45) is 10.7 Å². The van der Waals surface area contributed by atoms with E-state index < -0.39 is 0 Å². The molecule has 1 aromatic carbocycles. The molecule has 118 valence electrons. The first-order valence-corrected chi connectivity index (χ1v) is 7.32. The molecule has 0 saturated carbocycles. The third-order valence-electron chi connectivity index (χ3n) is 3.74. The molecule has 0 bridgehead atoms. The van der Waals surface area contributed by atoms with Crippen LogP contribution >= 0.6 is 24.0 Å². The van der Waals surface area contributed by atoms with Crippen molar-refractivity contribution in [3.8, 4) is 0 Å². The van der Waals surface area contributed by atoms with E-state index in [2.05, 4.69) is 33.7 Å². The number of aromatic nitrogens is 1. The number of nitrogens with zero attached hydrogens (tertiary/aromatic N) is 2. The van der Waals surface area contributed by atoms with E-state index >= 15 is 0 Å². The molecule has 0 aliphatic heterocycles. The fraction of sp³-hybridized carbons (Fsp3) is 0.375. The summed E-state index contributed by atoms with van der Waals surface area (Å²) in [6.07, 6.45) is 4.76. The average molecular weight is 412 g/mol. The predicted octanol–water partition coefficient (Wildman–Crippen LogP) is 3.41. The van der Waals surface area contributed by atoms with Gasteiger partial charge in [0.05, 0.1) is 5.69 Å². The van der Waals surface area contributed by atoms with Gasteiger partial charge in [-0.1, -0.05) is 17.3 Å². The summed E-state index contributed by atoms with van der Waals surface area (Å²) in [5.41, 5.74) is 10.7. The minimum atomic E-state index is 0. The van der Waals surface area contributed by atoms with Crippen LogP contribution in [0.4, 0.5) is 5.69 Å². The van der Waals surface area contributed by atoms with Gasteiger partial charge in [0.1, 0.15) is 6.54 Å². The van der Waals surface area contributed by atoms with Gasteiger partial charge in [-0.25, -0.2) is 4.99 Å². The van der Waals surface area contributed by atoms with Crippen LogP contribution in [0.5, 0.6) is 0 Å². The third kappa shape index (κ3) is 4.00. The summed E-state index contributed by atoms with van der Waals surface area (Å²) in [6.45, 7) is 2.28. The first-order valence-electron chi connectivity index (χ1n) is 7.32. The summed E-state index contributed by atoms with van der Waals surface area (Å²) >= 11 is 0. The lowest BCUT2D eigenvalue weighted by molar-refractivity contribution is 0.381. The third-order valence-corrected chi connectivity index (χ3v) is 3.74. The van der Waals surface area contributed by atoms with E-state index in [0.717, 1.165) is 24.2 Å². The van der Waals surface area contributed by atoms with E-state index in [1.165, 1.54) is 24.0 Å². The molecule has 0 amide bonds. The number of rotatable bonds is 3. The summed E-state index contributed by atoms with van der Waals surface area (Å²) in [6, 6.07) is 8.19. The number of aryl methyl sites for hydroxylation is 2. The van der Waals surface area contributed by atoms with Gasteiger partial charge in [-0.2, -0.15) is 0 Å². The van der Waals surface area contributed by atoms with Gasteiger partial charge in [0.25, 0.3) is 0 Å². The van der Waals surface area contributed by atoms with E-state index in [0.29, 0.717) is 18.3 Å². The number of nitrogens with two attached hydrogens (primary N) is 1. The minimum absolute atomic E-state index is 0. The molecule has 1 aliphatic rings. The van der Waals surface area contributed by atoms with Crippen molar-refractivity contribution in [2.45, 2.75) is 39.2 Å². The molecule has 0 atom stereocenters. The van der Waals surface area contributed by atoms with Crippen LogP contribution in [0.3, 0.4) is 0 Å². The van der Waals surface area contributed by atoms with E-state index in [9.17, 15) is 0 Å². The highest BCUT2D eigenvalue weighted by Crippen LogP contribution is 2.27. The molecular formula is C16H21IN4O. The molecule has 0 unspecified atom stereocenters. The topological polar surface area (TPSA) is 76.4 Å². The molecule has 22 heavy (non-hydrogen) atoms. The molecule has 3 rings (SSSR count). The van der Waals surface area contributed by atoms with E-state index in [1.807, 2.05) is 13.0 Å². The maximum atomic E-state index is 5.97. The zero-order valence-electron chi connectivity index (χ0n) is 12.6. The van der Waals surface area contributed by atoms with Crippen LogP contribution in [0.15, 0.2) is 33.8 Å². The molecule has 1 aliphatic carbocycles. The Morgan fingerprint density at radius 3 is 2.95 bits per heavy atom. The fourth-order valence-corrected chi connectivity index (χ4v) is 2.73. The molecule has 0 spiro atoms. The molecule has 0 saturated heterocycles. The Hall–Kier alpha value is -1.57. The fourth-order valence-electron chi connectivity index (χ4n) is 2.73. The Balaban J connectivity index is 0.00000176. The summed E-state index contributed by atoms with van der Waals surface area (Å²) < 4.78 is 5.12. The first-order chi connectivity index (χ1) is 10.2. The largest absolute Gasteiger partial charge is 0.370 e. The van der Waals surface area contributed by atoms with E-state index in [1.54, 1.807) is 0 Å². The smallest absolute Gasteiger partial charge is 0.193 e. The first kappa shape index (κ1) is 16.8. The molecular weight excluding hydrogens is 391 g/mol. The Labute approximate surface area is 147 Å². The standard InChI is InChI=1S/C16H20N4O.HI/c1-11-9-13(21-20-11)10-18-16(17)19-15-8-4-6-12-5-2-3-7-14(12)15;/h4,6,8-9H,2-3,5,7,10H2,1H3,(H3,17,18,19);1H. The average Bonchev–Trinajstić information content (AvgIpc) is 2.91. The molecule has 1 heterocycles. The van der Waals surface area contributed by atoms with Crippen LogP contribution in [0, 0.1) is 6.92 Å². The maximum Gasteiger partial charge on any atom is 0.193 e. The van der Waals surface area contributed by atoms with Crippen LogP contribution in [0.1, 0.15) is 35.4 Å². The van der Waals surface area contributed by atoms with Gasteiger partial charge in [0.2, 0.25) is 0 Å². The van der Waals surface area contributed by atoms with Gasteiger partial charge in [-0.3, -0.25) is 0 Å². The highest BCUT2D eigenvalue weighted by Gasteiger charge is 2.13. The Kier molecular flexibility index (Phi) is 5.82. The van der Waals surface area contributed by atoms with Gasteiger partial charge in [0.15, 0.2) is 11.7 Å². The summed E-state index contributed by atoms with van der Waals surface area (Å²) in [5, 5.41) is 7.04. The lowest BCUT2D eigenvalue weighted by atomic mass is 9.90. The number of benzene rings is 1. The van der Waals surface area contributed by atoms with Crippen LogP contribution in [-0.4, -0.2) is 11.1 Å². The second-order valence-electron chi connectivity index (χ2n) is 5.41. The molecule has 0 fully saturated rings. The van der Waals surface area contributed by atoms with Crippen LogP contribution in [0.2, 0.25) is 0 Å². The van der Waals surface area contributed by atoms with Crippen molar-refractivity contribution in [2.75, 3.05) is 5.32 Å². The SMILES string of the molecule is Cc1cc(CN=C(N)Nc2cccc3c2CCCC3)on1.I. The number of guanidine groups is 1. The second kappa shape index (κ2) is 7.62. The van der Waals surface area contributed by atoms with E-state index in [4.69, 9.17) is 10.3 Å². The molecule has 5 nitrogen and oxygen atoms in total. The van der Waals surface area contributed by atoms with Gasteiger partial charge in [0, 0.05) is 11.8 Å². The van der Waals surface area contributed by atoms with Crippen molar-refractivity contribution in [1.29, 1.82) is 0 Å². The molecule has 1 aromatic heterocycles. The zero-order chi connectivity index (χ0) is 14.7. The van der Waals surface area contributed by atoms with Crippen molar-refractivity contribution >= 4 is 35.6 Å². The zero-order valence-corrected chi connectivity index (χ0v) is 15.0. The molecule has 0 radical (unpaired) electrons. The number of nitrogens with one attached hydrogen (secondary N) is 1. The van der Waals surface area contributed by atoms with Gasteiger partial charge in [-0.05, 0) is 49.8 Å². The van der Waals surface area contributed by atoms with Gasteiger partial charge in [-0.15, -0.1) is 24.0 Å². The van der Waals surface area contributed by atoms with Crippen LogP contribution < -0.4 is 11.1 Å². The van der Waals surface area contributed by atoms with Gasteiger partial charge >= 0.3 is 0 Å². The number of aliphatic imine (C=N–C) groups is 1. The number of anilines is 1. The minimum Gasteiger partial charge on any atom is -0.370 e. The van der Waals surface area contributed by atoms with Gasteiger partial charge < -0.3 is 15.6 Å². The van der Waals surface area contributed by atoms with Crippen molar-refractivity contribution in [3.05, 3.63) is 46.8 Å².